The van der Waals surface area contributed by atoms with Crippen LogP contribution in [0.2, 0.25) is 5.02 Å². The zero-order chi connectivity index (χ0) is 16.9. The third-order valence-corrected chi connectivity index (χ3v) is 4.68. The van der Waals surface area contributed by atoms with Gasteiger partial charge in [0.1, 0.15) is 6.54 Å². The Balaban J connectivity index is 1.62. The second kappa shape index (κ2) is 7.51. The molecule has 0 spiro atoms. The highest BCUT2D eigenvalue weighted by Crippen LogP contribution is 2.34. The van der Waals surface area contributed by atoms with Gasteiger partial charge in [-0.2, -0.15) is 5.10 Å². The van der Waals surface area contributed by atoms with E-state index in [-0.39, 0.29) is 18.4 Å². The van der Waals surface area contributed by atoms with Crippen molar-refractivity contribution in [2.75, 3.05) is 17.2 Å². The summed E-state index contributed by atoms with van der Waals surface area (Å²) in [6.07, 6.45) is 1.52. The number of nitrogens with one attached hydrogen (secondary N) is 1. The number of para-hydroxylation sites is 1. The number of carbonyl (C=O) groups is 2. The van der Waals surface area contributed by atoms with Gasteiger partial charge < -0.3 is 4.90 Å². The van der Waals surface area contributed by atoms with E-state index in [0.29, 0.717) is 10.8 Å². The Morgan fingerprint density at radius 2 is 2.00 bits per heavy atom. The summed E-state index contributed by atoms with van der Waals surface area (Å²) in [4.78, 5) is 26.6. The maximum absolute atomic E-state index is 12.1. The standard InChI is InChI=1S/C17H14ClN3O2S/c18-13-7-5-12(6-8-13)9-19-20-16(22)10-21-14-3-1-2-4-15(14)24-11-17(21)23/h1-9H,10-11H2,(H,20,22). The average molecular weight is 360 g/mol. The maximum Gasteiger partial charge on any atom is 0.260 e. The van der Waals surface area contributed by atoms with Crippen molar-refractivity contribution in [2.45, 2.75) is 4.90 Å². The first kappa shape index (κ1) is 16.5. The van der Waals surface area contributed by atoms with Crippen LogP contribution in [0.4, 0.5) is 5.69 Å². The van der Waals surface area contributed by atoms with Gasteiger partial charge in [0.15, 0.2) is 0 Å². The molecule has 0 saturated heterocycles. The quantitative estimate of drug-likeness (QED) is 0.674. The van der Waals surface area contributed by atoms with E-state index in [1.54, 1.807) is 24.3 Å². The van der Waals surface area contributed by atoms with E-state index >= 15 is 0 Å². The smallest absolute Gasteiger partial charge is 0.260 e. The van der Waals surface area contributed by atoms with E-state index in [9.17, 15) is 9.59 Å². The van der Waals surface area contributed by atoms with Gasteiger partial charge in [0.05, 0.1) is 17.7 Å². The number of halogens is 1. The molecule has 1 heterocycles. The van der Waals surface area contributed by atoms with E-state index in [4.69, 9.17) is 11.6 Å². The zero-order valence-corrected chi connectivity index (χ0v) is 14.2. The van der Waals surface area contributed by atoms with Crippen molar-refractivity contribution in [3.63, 3.8) is 0 Å². The van der Waals surface area contributed by atoms with Gasteiger partial charge in [0, 0.05) is 9.92 Å². The van der Waals surface area contributed by atoms with Crippen LogP contribution in [-0.4, -0.2) is 30.3 Å². The number of fused-ring (bicyclic) bond motifs is 1. The molecule has 0 bridgehead atoms. The monoisotopic (exact) mass is 359 g/mol. The number of hydrogen-bond acceptors (Lipinski definition) is 4. The van der Waals surface area contributed by atoms with Gasteiger partial charge in [0.2, 0.25) is 5.91 Å². The summed E-state index contributed by atoms with van der Waals surface area (Å²) in [5.41, 5.74) is 4.02. The average Bonchev–Trinajstić information content (AvgIpc) is 2.59. The van der Waals surface area contributed by atoms with Gasteiger partial charge in [-0.05, 0) is 29.8 Å². The molecular formula is C17H14ClN3O2S. The van der Waals surface area contributed by atoms with Gasteiger partial charge in [-0.3, -0.25) is 9.59 Å². The van der Waals surface area contributed by atoms with Gasteiger partial charge in [-0.1, -0.05) is 35.9 Å². The van der Waals surface area contributed by atoms with Crippen molar-refractivity contribution in [3.05, 3.63) is 59.1 Å². The van der Waals surface area contributed by atoms with Crippen LogP contribution < -0.4 is 10.3 Å². The highest BCUT2D eigenvalue weighted by Gasteiger charge is 2.25. The minimum Gasteiger partial charge on any atom is -0.301 e. The van der Waals surface area contributed by atoms with E-state index < -0.39 is 0 Å². The van der Waals surface area contributed by atoms with Crippen molar-refractivity contribution in [1.82, 2.24) is 5.43 Å². The van der Waals surface area contributed by atoms with Gasteiger partial charge >= 0.3 is 0 Å². The molecule has 0 aliphatic carbocycles. The number of carbonyl (C=O) groups excluding carboxylic acids is 2. The third kappa shape index (κ3) is 3.96. The SMILES string of the molecule is O=C(CN1C(=O)CSc2ccccc21)NN=Cc1ccc(Cl)cc1. The summed E-state index contributed by atoms with van der Waals surface area (Å²) < 4.78 is 0. The second-order valence-corrected chi connectivity index (χ2v) is 6.53. The fraction of sp³-hybridized carbons (Fsp3) is 0.118. The molecule has 2 aromatic rings. The summed E-state index contributed by atoms with van der Waals surface area (Å²) in [5.74, 6) is -0.107. The highest BCUT2D eigenvalue weighted by molar-refractivity contribution is 8.00. The second-order valence-electron chi connectivity index (χ2n) is 5.08. The number of hydrogen-bond donors (Lipinski definition) is 1. The molecule has 0 fully saturated rings. The van der Waals surface area contributed by atoms with Crippen LogP contribution in [-0.2, 0) is 9.59 Å². The van der Waals surface area contributed by atoms with Crippen molar-refractivity contribution < 1.29 is 9.59 Å². The summed E-state index contributed by atoms with van der Waals surface area (Å²) >= 11 is 7.29. The summed E-state index contributed by atoms with van der Waals surface area (Å²) in [7, 11) is 0. The predicted octanol–water partition coefficient (Wildman–Crippen LogP) is 2.93. The van der Waals surface area contributed by atoms with Crippen LogP contribution in [0.25, 0.3) is 0 Å². The molecule has 24 heavy (non-hydrogen) atoms. The molecule has 0 aromatic heterocycles. The number of benzene rings is 2. The van der Waals surface area contributed by atoms with Gasteiger partial charge in [0.25, 0.3) is 5.91 Å². The molecular weight excluding hydrogens is 346 g/mol. The molecule has 0 saturated carbocycles. The van der Waals surface area contributed by atoms with Gasteiger partial charge in [-0.15, -0.1) is 11.8 Å². The Bertz CT molecular complexity index is 793. The predicted molar refractivity (Wildman–Crippen MR) is 96.7 cm³/mol. The number of rotatable bonds is 4. The molecule has 1 aliphatic heterocycles. The Morgan fingerprint density at radius 3 is 2.79 bits per heavy atom. The van der Waals surface area contributed by atoms with E-state index in [1.807, 2.05) is 24.3 Å². The van der Waals surface area contributed by atoms with Crippen LogP contribution in [0.15, 0.2) is 58.5 Å². The largest absolute Gasteiger partial charge is 0.301 e. The first-order valence-corrected chi connectivity index (χ1v) is 8.59. The van der Waals surface area contributed by atoms with Crippen LogP contribution >= 0.6 is 23.4 Å². The Labute approximate surface area is 148 Å². The summed E-state index contributed by atoms with van der Waals surface area (Å²) in [6.45, 7) is -0.0611. The van der Waals surface area contributed by atoms with Gasteiger partial charge in [-0.25, -0.2) is 5.43 Å². The highest BCUT2D eigenvalue weighted by atomic mass is 35.5. The molecule has 0 atom stereocenters. The zero-order valence-electron chi connectivity index (χ0n) is 12.6. The minimum absolute atomic E-state index is 0.0611. The maximum atomic E-state index is 12.1. The lowest BCUT2D eigenvalue weighted by atomic mass is 10.2. The molecule has 3 rings (SSSR count). The molecule has 1 N–H and O–H groups in total. The normalized spacial score (nSPS) is 13.9. The molecule has 0 radical (unpaired) electrons. The topological polar surface area (TPSA) is 61.8 Å². The van der Waals surface area contributed by atoms with E-state index in [0.717, 1.165) is 16.1 Å². The Morgan fingerprint density at radius 1 is 1.25 bits per heavy atom. The van der Waals surface area contributed by atoms with E-state index in [1.165, 1.54) is 22.9 Å². The lowest BCUT2D eigenvalue weighted by Gasteiger charge is -2.27. The molecule has 2 amide bonds. The number of anilines is 1. The van der Waals surface area contributed by atoms with E-state index in [2.05, 4.69) is 10.5 Å². The van der Waals surface area contributed by atoms with Crippen LogP contribution in [0, 0.1) is 0 Å². The summed E-state index contributed by atoms with van der Waals surface area (Å²) in [5, 5.41) is 4.54. The molecule has 7 heteroatoms. The minimum atomic E-state index is -0.352. The fourth-order valence-electron chi connectivity index (χ4n) is 2.23. The summed E-state index contributed by atoms with van der Waals surface area (Å²) in [6, 6.07) is 14.6. The fourth-order valence-corrected chi connectivity index (χ4v) is 3.30. The first-order valence-electron chi connectivity index (χ1n) is 7.23. The number of hydrazone groups is 1. The van der Waals surface area contributed by atoms with Crippen molar-refractivity contribution in [3.8, 4) is 0 Å². The lowest BCUT2D eigenvalue weighted by Crippen LogP contribution is -2.42. The van der Waals surface area contributed by atoms with Crippen molar-refractivity contribution in [1.29, 1.82) is 0 Å². The van der Waals surface area contributed by atoms with Crippen molar-refractivity contribution >= 4 is 47.1 Å². The van der Waals surface area contributed by atoms with Crippen LogP contribution in [0.1, 0.15) is 5.56 Å². The van der Waals surface area contributed by atoms with Crippen LogP contribution in [0.5, 0.6) is 0 Å². The molecule has 5 nitrogen and oxygen atoms in total. The molecule has 0 unspecified atom stereocenters. The first-order chi connectivity index (χ1) is 11.6. The van der Waals surface area contributed by atoms with Crippen molar-refractivity contribution in [2.24, 2.45) is 5.10 Å². The molecule has 1 aliphatic rings. The number of amides is 2. The lowest BCUT2D eigenvalue weighted by molar-refractivity contribution is -0.122. The third-order valence-electron chi connectivity index (χ3n) is 3.38. The molecule has 2 aromatic carbocycles. The number of nitrogens with zero attached hydrogens (tertiary/aromatic N) is 2. The number of thioether (sulfide) groups is 1. The van der Waals surface area contributed by atoms with Crippen LogP contribution in [0.3, 0.4) is 0 Å². The Kier molecular flexibility index (Phi) is 5.17. The molecule has 122 valence electrons. The Hall–Kier alpha value is -2.31.